The van der Waals surface area contributed by atoms with Gasteiger partial charge in [0.1, 0.15) is 37.6 Å². The molecule has 18 nitrogen and oxygen atoms in total. The molecule has 18 heteroatoms. The predicted octanol–water partition coefficient (Wildman–Crippen LogP) is -0.392. The smallest absolute Gasteiger partial charge is 0.331 e. The summed E-state index contributed by atoms with van der Waals surface area (Å²) in [6.07, 6.45) is -6.75. The Hall–Kier alpha value is -4.66. The standard InChI is InChI=1S/C34H42O18/c1-44-20-9-17(10-21(45-2)28(20)39)5-7-26(37)48-15-24-30(41)31(42)32(43)33(49-24)52-34(16-36)25(13-19(14-35)51-34)50-27(38)8-6-18-11-22(46-3)29(40)23(12-18)47-4/h5-12,19,24-25,30-33,35-36,39-43H,13-16H2,1-4H3. The Bertz CT molecular complexity index is 1560. The Morgan fingerprint density at radius 1 is 0.788 bits per heavy atom. The molecule has 0 amide bonds. The first-order valence-corrected chi connectivity index (χ1v) is 15.7. The summed E-state index contributed by atoms with van der Waals surface area (Å²) in [5, 5.41) is 72.4. The average molecular weight is 739 g/mol. The van der Waals surface area contributed by atoms with E-state index in [1.807, 2.05) is 0 Å². The fraction of sp³-hybridized carbons (Fsp3) is 0.471. The van der Waals surface area contributed by atoms with Crippen LogP contribution in [0.4, 0.5) is 0 Å². The van der Waals surface area contributed by atoms with E-state index >= 15 is 0 Å². The number of aliphatic hydroxyl groups excluding tert-OH is 5. The lowest BCUT2D eigenvalue weighted by molar-refractivity contribution is -0.383. The van der Waals surface area contributed by atoms with E-state index in [1.54, 1.807) is 0 Å². The van der Waals surface area contributed by atoms with Gasteiger partial charge in [0.2, 0.25) is 17.3 Å². The Morgan fingerprint density at radius 2 is 1.29 bits per heavy atom. The molecule has 0 saturated carbocycles. The number of carbonyl (C=O) groups is 2. The third-order valence-corrected chi connectivity index (χ3v) is 8.22. The number of phenols is 2. The molecule has 8 unspecified atom stereocenters. The lowest BCUT2D eigenvalue weighted by atomic mass is 9.99. The molecular weight excluding hydrogens is 696 g/mol. The number of methoxy groups -OCH3 is 4. The van der Waals surface area contributed by atoms with Gasteiger partial charge >= 0.3 is 11.9 Å². The van der Waals surface area contributed by atoms with E-state index in [2.05, 4.69) is 0 Å². The van der Waals surface area contributed by atoms with E-state index in [1.165, 1.54) is 64.9 Å². The topological polar surface area (TPSA) is 259 Å². The van der Waals surface area contributed by atoms with Crippen LogP contribution in [-0.4, -0.2) is 145 Å². The lowest BCUT2D eigenvalue weighted by Crippen LogP contribution is -2.62. The van der Waals surface area contributed by atoms with E-state index < -0.39 is 80.5 Å². The fourth-order valence-corrected chi connectivity index (χ4v) is 5.44. The van der Waals surface area contributed by atoms with Crippen molar-refractivity contribution in [2.24, 2.45) is 0 Å². The number of benzene rings is 2. The van der Waals surface area contributed by atoms with Crippen molar-refractivity contribution >= 4 is 24.1 Å². The Morgan fingerprint density at radius 3 is 1.75 bits per heavy atom. The fourth-order valence-electron chi connectivity index (χ4n) is 5.44. The monoisotopic (exact) mass is 738 g/mol. The lowest BCUT2D eigenvalue weighted by Gasteiger charge is -2.43. The summed E-state index contributed by atoms with van der Waals surface area (Å²) in [6.45, 7) is -2.20. The third-order valence-electron chi connectivity index (χ3n) is 8.22. The van der Waals surface area contributed by atoms with E-state index in [0.717, 1.165) is 12.2 Å². The molecule has 8 atom stereocenters. The zero-order chi connectivity index (χ0) is 38.2. The highest BCUT2D eigenvalue weighted by molar-refractivity contribution is 5.88. The van der Waals surface area contributed by atoms with Gasteiger partial charge in [-0.1, -0.05) is 0 Å². The maximum Gasteiger partial charge on any atom is 0.331 e. The Kier molecular flexibility index (Phi) is 13.7. The zero-order valence-corrected chi connectivity index (χ0v) is 28.6. The summed E-state index contributed by atoms with van der Waals surface area (Å²) in [5.74, 6) is -4.23. The van der Waals surface area contributed by atoms with Crippen molar-refractivity contribution in [3.05, 3.63) is 47.5 Å². The van der Waals surface area contributed by atoms with E-state index in [-0.39, 0.29) is 40.9 Å². The highest BCUT2D eigenvalue weighted by Crippen LogP contribution is 2.40. The number of ether oxygens (including phenoxy) is 9. The van der Waals surface area contributed by atoms with E-state index in [4.69, 9.17) is 42.6 Å². The van der Waals surface area contributed by atoms with Crippen LogP contribution in [0, 0.1) is 0 Å². The molecule has 0 bridgehead atoms. The first-order valence-electron chi connectivity index (χ1n) is 15.7. The maximum atomic E-state index is 12.9. The molecule has 2 aromatic carbocycles. The van der Waals surface area contributed by atoms with Gasteiger partial charge in [-0.15, -0.1) is 0 Å². The van der Waals surface area contributed by atoms with Crippen LogP contribution < -0.4 is 18.9 Å². The summed E-state index contributed by atoms with van der Waals surface area (Å²) < 4.78 is 48.3. The molecule has 0 aliphatic carbocycles. The van der Waals surface area contributed by atoms with Crippen LogP contribution in [0.25, 0.3) is 12.2 Å². The normalized spacial score (nSPS) is 27.4. The van der Waals surface area contributed by atoms with Crippen LogP contribution in [0.5, 0.6) is 34.5 Å². The Labute approximate surface area is 297 Å². The van der Waals surface area contributed by atoms with Crippen LogP contribution in [0.15, 0.2) is 36.4 Å². The zero-order valence-electron chi connectivity index (χ0n) is 28.6. The second kappa shape index (κ2) is 17.7. The first-order chi connectivity index (χ1) is 24.8. The van der Waals surface area contributed by atoms with Gasteiger partial charge in [-0.25, -0.2) is 9.59 Å². The van der Waals surface area contributed by atoms with Gasteiger partial charge in [-0.2, -0.15) is 0 Å². The number of phenolic OH excluding ortho intramolecular Hbond substituents is 2. The van der Waals surface area contributed by atoms with E-state index in [0.29, 0.717) is 11.1 Å². The maximum absolute atomic E-state index is 12.9. The largest absolute Gasteiger partial charge is 0.502 e. The summed E-state index contributed by atoms with van der Waals surface area (Å²) in [7, 11) is 5.33. The molecule has 52 heavy (non-hydrogen) atoms. The number of aliphatic hydroxyl groups is 5. The molecule has 2 aliphatic heterocycles. The minimum Gasteiger partial charge on any atom is -0.502 e. The van der Waals surface area contributed by atoms with Crippen LogP contribution in [0.1, 0.15) is 17.5 Å². The van der Waals surface area contributed by atoms with Gasteiger partial charge in [-0.05, 0) is 47.5 Å². The molecule has 0 spiro atoms. The van der Waals surface area contributed by atoms with E-state index in [9.17, 15) is 45.3 Å². The van der Waals surface area contributed by atoms with Crippen LogP contribution in [0.2, 0.25) is 0 Å². The molecule has 7 N–H and O–H groups in total. The summed E-state index contributed by atoms with van der Waals surface area (Å²) in [4.78, 5) is 25.4. The van der Waals surface area contributed by atoms with Crippen LogP contribution >= 0.6 is 0 Å². The number of esters is 2. The molecule has 2 fully saturated rings. The number of hydrogen-bond donors (Lipinski definition) is 7. The molecule has 2 saturated heterocycles. The molecular formula is C34H42O18. The van der Waals surface area contributed by atoms with Gasteiger partial charge in [0.05, 0.1) is 41.2 Å². The van der Waals surface area contributed by atoms with Crippen LogP contribution in [-0.2, 0) is 33.3 Å². The molecule has 286 valence electrons. The quantitative estimate of drug-likeness (QED) is 0.0906. The highest BCUT2D eigenvalue weighted by atomic mass is 16.8. The molecule has 2 heterocycles. The SMILES string of the molecule is COc1cc(C=CC(=O)OCC2OC(OC3(CO)OC(CO)CC3OC(=O)C=Cc3cc(OC)c(O)c(OC)c3)C(O)C(O)C2O)cc(OC)c1O. The summed E-state index contributed by atoms with van der Waals surface area (Å²) >= 11 is 0. The van der Waals surface area contributed by atoms with Crippen molar-refractivity contribution < 1.29 is 88.0 Å². The van der Waals surface area contributed by atoms with Gasteiger partial charge in [0.25, 0.3) is 0 Å². The van der Waals surface area contributed by atoms with Crippen LogP contribution in [0.3, 0.4) is 0 Å². The molecule has 2 aliphatic rings. The van der Waals surface area contributed by atoms with Crippen molar-refractivity contribution in [3.8, 4) is 34.5 Å². The molecule has 0 aromatic heterocycles. The Balaban J connectivity index is 1.45. The first kappa shape index (κ1) is 40.1. The summed E-state index contributed by atoms with van der Waals surface area (Å²) in [6, 6.07) is 5.73. The average Bonchev–Trinajstić information content (AvgIpc) is 3.50. The van der Waals surface area contributed by atoms with Crippen molar-refractivity contribution in [1.29, 1.82) is 0 Å². The molecule has 2 aromatic rings. The minimum atomic E-state index is -2.23. The highest BCUT2D eigenvalue weighted by Gasteiger charge is 2.56. The van der Waals surface area contributed by atoms with Gasteiger partial charge < -0.3 is 78.4 Å². The molecule has 0 radical (unpaired) electrons. The number of carbonyl (C=O) groups excluding carboxylic acids is 2. The van der Waals surface area contributed by atoms with Crippen molar-refractivity contribution in [3.63, 3.8) is 0 Å². The molecule has 4 rings (SSSR count). The second-order valence-electron chi connectivity index (χ2n) is 11.5. The predicted molar refractivity (Wildman–Crippen MR) is 175 cm³/mol. The third kappa shape index (κ3) is 9.03. The van der Waals surface area contributed by atoms with Crippen molar-refractivity contribution in [2.75, 3.05) is 48.3 Å². The number of rotatable bonds is 15. The minimum absolute atomic E-state index is 0.0779. The number of aromatic hydroxyl groups is 2. The van der Waals surface area contributed by atoms with Crippen molar-refractivity contribution in [1.82, 2.24) is 0 Å². The van der Waals surface area contributed by atoms with Gasteiger partial charge in [0.15, 0.2) is 35.4 Å². The van der Waals surface area contributed by atoms with Crippen molar-refractivity contribution in [2.45, 2.75) is 55.1 Å². The van der Waals surface area contributed by atoms with Gasteiger partial charge in [0, 0.05) is 18.6 Å². The number of hydrogen-bond acceptors (Lipinski definition) is 18. The summed E-state index contributed by atoms with van der Waals surface area (Å²) in [5.41, 5.74) is 0.793. The van der Waals surface area contributed by atoms with Gasteiger partial charge in [-0.3, -0.25) is 0 Å². The second-order valence-corrected chi connectivity index (χ2v) is 11.5.